The van der Waals surface area contributed by atoms with Crippen LogP contribution in [0.2, 0.25) is 0 Å². The molecule has 3 aromatic rings. The molecule has 2 amide bonds. The Morgan fingerprint density at radius 3 is 2.15 bits per heavy atom. The fourth-order valence-electron chi connectivity index (χ4n) is 3.64. The van der Waals surface area contributed by atoms with Gasteiger partial charge in [0, 0.05) is 6.42 Å². The number of carbonyl (C=O) groups is 3. The van der Waals surface area contributed by atoms with Gasteiger partial charge in [0.25, 0.3) is 11.8 Å². The fraction of sp³-hybridized carbons (Fsp3) is 0.125. The highest BCUT2D eigenvalue weighted by Crippen LogP contribution is 2.32. The van der Waals surface area contributed by atoms with Gasteiger partial charge in [0.05, 0.1) is 29.2 Å². The van der Waals surface area contributed by atoms with E-state index in [0.29, 0.717) is 5.56 Å². The minimum absolute atomic E-state index is 0.0188. The normalized spacial score (nSPS) is 13.4. The molecule has 3 aromatic carbocycles. The summed E-state index contributed by atoms with van der Waals surface area (Å²) in [5, 5.41) is 11.5. The summed E-state index contributed by atoms with van der Waals surface area (Å²) in [5.41, 5.74) is 0.566. The van der Waals surface area contributed by atoms with E-state index in [1.54, 1.807) is 42.5 Å². The zero-order chi connectivity index (χ0) is 23.5. The Balaban J connectivity index is 1.71. The first-order valence-corrected chi connectivity index (χ1v) is 9.95. The molecule has 9 nitrogen and oxygen atoms in total. The van der Waals surface area contributed by atoms with Gasteiger partial charge in [-0.25, -0.2) is 4.79 Å². The zero-order valence-electron chi connectivity index (χ0n) is 17.5. The first kappa shape index (κ1) is 21.7. The number of carbonyl (C=O) groups excluding carboxylic acids is 3. The molecule has 0 saturated heterocycles. The highest BCUT2D eigenvalue weighted by Gasteiger charge is 2.43. The summed E-state index contributed by atoms with van der Waals surface area (Å²) in [7, 11) is 1.35. The first-order valence-electron chi connectivity index (χ1n) is 9.95. The molecule has 1 aliphatic heterocycles. The van der Waals surface area contributed by atoms with Gasteiger partial charge in [-0.15, -0.1) is 0 Å². The van der Waals surface area contributed by atoms with Gasteiger partial charge in [0.1, 0.15) is 11.8 Å². The van der Waals surface area contributed by atoms with Crippen LogP contribution in [0.15, 0.2) is 72.8 Å². The lowest BCUT2D eigenvalue weighted by atomic mass is 10.0. The molecule has 0 N–H and O–H groups in total. The Labute approximate surface area is 188 Å². The SMILES string of the molecule is COc1ccc(OC(=O)[C@H](Cc2ccccc2)N2C(=O)c3ccccc3C2=O)c([N+](=O)[O-])c1. The van der Waals surface area contributed by atoms with Crippen molar-refractivity contribution in [2.45, 2.75) is 12.5 Å². The average Bonchev–Trinajstić information content (AvgIpc) is 3.08. The lowest BCUT2D eigenvalue weighted by Crippen LogP contribution is -2.48. The van der Waals surface area contributed by atoms with E-state index in [0.717, 1.165) is 11.0 Å². The third-order valence-corrected chi connectivity index (χ3v) is 5.25. The van der Waals surface area contributed by atoms with Crippen molar-refractivity contribution in [1.29, 1.82) is 0 Å². The number of nitro groups is 1. The molecule has 0 aromatic heterocycles. The van der Waals surface area contributed by atoms with Crippen molar-refractivity contribution in [1.82, 2.24) is 4.90 Å². The van der Waals surface area contributed by atoms with Crippen LogP contribution in [-0.4, -0.2) is 40.8 Å². The van der Waals surface area contributed by atoms with Crippen molar-refractivity contribution in [3.63, 3.8) is 0 Å². The maximum atomic E-state index is 13.3. The number of hydrogen-bond acceptors (Lipinski definition) is 7. The smallest absolute Gasteiger partial charge is 0.335 e. The van der Waals surface area contributed by atoms with E-state index in [4.69, 9.17) is 9.47 Å². The first-order chi connectivity index (χ1) is 15.9. The van der Waals surface area contributed by atoms with Gasteiger partial charge in [-0.1, -0.05) is 42.5 Å². The van der Waals surface area contributed by atoms with Gasteiger partial charge in [0.2, 0.25) is 5.75 Å². The third-order valence-electron chi connectivity index (χ3n) is 5.25. The molecule has 0 spiro atoms. The van der Waals surface area contributed by atoms with E-state index in [1.807, 2.05) is 0 Å². The number of nitro benzene ring substituents is 1. The second-order valence-electron chi connectivity index (χ2n) is 7.24. The van der Waals surface area contributed by atoms with Gasteiger partial charge < -0.3 is 9.47 Å². The van der Waals surface area contributed by atoms with Crippen molar-refractivity contribution in [2.24, 2.45) is 0 Å². The van der Waals surface area contributed by atoms with Gasteiger partial charge >= 0.3 is 11.7 Å². The van der Waals surface area contributed by atoms with Gasteiger partial charge in [-0.3, -0.25) is 24.6 Å². The number of esters is 1. The number of rotatable bonds is 7. The summed E-state index contributed by atoms with van der Waals surface area (Å²) in [6.07, 6.45) is -0.0188. The van der Waals surface area contributed by atoms with E-state index in [2.05, 4.69) is 0 Å². The summed E-state index contributed by atoms with van der Waals surface area (Å²) in [5.74, 6) is -2.33. The summed E-state index contributed by atoms with van der Waals surface area (Å²) in [4.78, 5) is 50.9. The van der Waals surface area contributed by atoms with Crippen LogP contribution in [0.1, 0.15) is 26.3 Å². The van der Waals surface area contributed by atoms with E-state index in [9.17, 15) is 24.5 Å². The molecule has 0 fully saturated rings. The fourth-order valence-corrected chi connectivity index (χ4v) is 3.64. The molecular weight excluding hydrogens is 428 g/mol. The second kappa shape index (κ2) is 8.91. The Bertz CT molecular complexity index is 1220. The van der Waals surface area contributed by atoms with Gasteiger partial charge in [-0.05, 0) is 29.8 Å². The highest BCUT2D eigenvalue weighted by atomic mass is 16.6. The Hall–Kier alpha value is -4.53. The van der Waals surface area contributed by atoms with Gasteiger partial charge in [-0.2, -0.15) is 0 Å². The van der Waals surface area contributed by atoms with Crippen molar-refractivity contribution in [3.05, 3.63) is 99.6 Å². The molecule has 33 heavy (non-hydrogen) atoms. The molecule has 1 heterocycles. The minimum Gasteiger partial charge on any atom is -0.496 e. The molecule has 0 unspecified atom stereocenters. The van der Waals surface area contributed by atoms with Crippen molar-refractivity contribution in [3.8, 4) is 11.5 Å². The van der Waals surface area contributed by atoms with Crippen molar-refractivity contribution in [2.75, 3.05) is 7.11 Å². The molecule has 4 rings (SSSR count). The number of hydrogen-bond donors (Lipinski definition) is 0. The van der Waals surface area contributed by atoms with Crippen LogP contribution in [0.25, 0.3) is 0 Å². The molecule has 0 saturated carbocycles. The standard InChI is InChI=1S/C24H18N2O7/c1-32-16-11-12-21(19(14-16)26(30)31)33-24(29)20(13-15-7-3-2-4-8-15)25-22(27)17-9-5-6-10-18(17)23(25)28/h2-12,14,20H,13H2,1H3/t20-/m0/s1. The summed E-state index contributed by atoms with van der Waals surface area (Å²) < 4.78 is 10.4. The number of nitrogens with zero attached hydrogens (tertiary/aromatic N) is 2. The predicted octanol–water partition coefficient (Wildman–Crippen LogP) is 3.42. The largest absolute Gasteiger partial charge is 0.496 e. The minimum atomic E-state index is -1.33. The van der Waals surface area contributed by atoms with Crippen molar-refractivity contribution >= 4 is 23.5 Å². The summed E-state index contributed by atoms with van der Waals surface area (Å²) in [6.45, 7) is 0. The van der Waals surface area contributed by atoms with Crippen LogP contribution in [0, 0.1) is 10.1 Å². The number of imide groups is 1. The number of amides is 2. The second-order valence-corrected chi connectivity index (χ2v) is 7.24. The van der Waals surface area contributed by atoms with Crippen LogP contribution < -0.4 is 9.47 Å². The molecule has 0 aliphatic carbocycles. The van der Waals surface area contributed by atoms with Crippen LogP contribution in [0.5, 0.6) is 11.5 Å². The van der Waals surface area contributed by atoms with Crippen LogP contribution in [0.4, 0.5) is 5.69 Å². The maximum Gasteiger partial charge on any atom is 0.335 e. The third kappa shape index (κ3) is 4.16. The van der Waals surface area contributed by atoms with Crippen LogP contribution in [0.3, 0.4) is 0 Å². The molecule has 1 atom stereocenters. The number of benzene rings is 3. The van der Waals surface area contributed by atoms with Crippen LogP contribution in [-0.2, 0) is 11.2 Å². The molecule has 1 aliphatic rings. The Morgan fingerprint density at radius 2 is 1.58 bits per heavy atom. The Kier molecular flexibility index (Phi) is 5.86. The Morgan fingerprint density at radius 1 is 0.970 bits per heavy atom. The maximum absolute atomic E-state index is 13.3. The van der Waals surface area contributed by atoms with Gasteiger partial charge in [0.15, 0.2) is 0 Å². The quantitative estimate of drug-likeness (QED) is 0.179. The molecular formula is C24H18N2O7. The number of ether oxygens (including phenoxy) is 2. The zero-order valence-corrected chi connectivity index (χ0v) is 17.5. The number of fused-ring (bicyclic) bond motifs is 1. The summed E-state index contributed by atoms with van der Waals surface area (Å²) >= 11 is 0. The molecule has 166 valence electrons. The monoisotopic (exact) mass is 446 g/mol. The highest BCUT2D eigenvalue weighted by molar-refractivity contribution is 6.22. The molecule has 9 heteroatoms. The predicted molar refractivity (Wildman–Crippen MR) is 116 cm³/mol. The van der Waals surface area contributed by atoms with E-state index in [-0.39, 0.29) is 29.0 Å². The lowest BCUT2D eigenvalue weighted by Gasteiger charge is -2.24. The summed E-state index contributed by atoms with van der Waals surface area (Å²) in [6, 6.07) is 17.5. The average molecular weight is 446 g/mol. The number of methoxy groups -OCH3 is 1. The van der Waals surface area contributed by atoms with E-state index < -0.39 is 34.4 Å². The topological polar surface area (TPSA) is 116 Å². The van der Waals surface area contributed by atoms with Crippen LogP contribution >= 0.6 is 0 Å². The molecule has 0 radical (unpaired) electrons. The van der Waals surface area contributed by atoms with E-state index in [1.165, 1.54) is 31.4 Å². The molecule has 0 bridgehead atoms. The van der Waals surface area contributed by atoms with Crippen molar-refractivity contribution < 1.29 is 28.8 Å². The van der Waals surface area contributed by atoms with E-state index >= 15 is 0 Å². The lowest BCUT2D eigenvalue weighted by molar-refractivity contribution is -0.385.